The van der Waals surface area contributed by atoms with Crippen LogP contribution in [0.1, 0.15) is 50.4 Å². The largest absolute Gasteiger partial charge is 0.338 e. The molecule has 5 nitrogen and oxygen atoms in total. The Kier molecular flexibility index (Phi) is 6.62. The van der Waals surface area contributed by atoms with Gasteiger partial charge in [0.15, 0.2) is 0 Å². The van der Waals surface area contributed by atoms with Crippen molar-refractivity contribution in [2.45, 2.75) is 51.6 Å². The molecule has 1 atom stereocenters. The molecule has 2 aromatic carbocycles. The van der Waals surface area contributed by atoms with E-state index in [0.29, 0.717) is 13.1 Å². The Hall–Kier alpha value is -2.25. The van der Waals surface area contributed by atoms with Crippen molar-refractivity contribution in [2.24, 2.45) is 5.92 Å². The van der Waals surface area contributed by atoms with Crippen LogP contribution in [-0.2, 0) is 27.8 Å². The molecule has 1 aliphatic rings. The van der Waals surface area contributed by atoms with Crippen LogP contribution in [0.5, 0.6) is 0 Å². The zero-order valence-corrected chi connectivity index (χ0v) is 18.7. The molecule has 0 spiro atoms. The fraction of sp³-hybridized carbons (Fsp3) is 0.435. The summed E-state index contributed by atoms with van der Waals surface area (Å²) in [5.74, 6) is -0.369. The molecule has 7 heteroatoms. The summed E-state index contributed by atoms with van der Waals surface area (Å²) in [7, 11) is -3.76. The highest BCUT2D eigenvalue weighted by molar-refractivity contribution is 7.89. The highest BCUT2D eigenvalue weighted by Gasteiger charge is 2.30. The van der Waals surface area contributed by atoms with E-state index >= 15 is 0 Å². The summed E-state index contributed by atoms with van der Waals surface area (Å²) in [6.07, 6.45) is 0.720. The lowest BCUT2D eigenvalue weighted by Gasteiger charge is -2.31. The van der Waals surface area contributed by atoms with Gasteiger partial charge in [0.1, 0.15) is 5.82 Å². The monoisotopic (exact) mass is 432 g/mol. The van der Waals surface area contributed by atoms with E-state index in [0.717, 1.165) is 23.1 Å². The van der Waals surface area contributed by atoms with Gasteiger partial charge >= 0.3 is 0 Å². The van der Waals surface area contributed by atoms with Gasteiger partial charge in [-0.25, -0.2) is 12.8 Å². The molecule has 30 heavy (non-hydrogen) atoms. The van der Waals surface area contributed by atoms with Crippen LogP contribution in [0.3, 0.4) is 0 Å². The number of rotatable bonds is 6. The number of sulfonamides is 1. The first-order chi connectivity index (χ1) is 14.1. The molecule has 0 aliphatic carbocycles. The van der Waals surface area contributed by atoms with Crippen molar-refractivity contribution in [1.29, 1.82) is 0 Å². The maximum absolute atomic E-state index is 13.4. The molecule has 162 valence electrons. The third-order valence-electron chi connectivity index (χ3n) is 5.70. The lowest BCUT2D eigenvalue weighted by molar-refractivity contribution is -0.135. The minimum absolute atomic E-state index is 0.0778. The molecule has 1 amide bonds. The first kappa shape index (κ1) is 22.4. The van der Waals surface area contributed by atoms with Crippen LogP contribution in [0.4, 0.5) is 4.39 Å². The molecule has 0 bridgehead atoms. The minimum Gasteiger partial charge on any atom is -0.338 e. The van der Waals surface area contributed by atoms with Crippen LogP contribution in [0.15, 0.2) is 47.4 Å². The molecular formula is C23H29FN2O3S. The lowest BCUT2D eigenvalue weighted by Crippen LogP contribution is -2.38. The zero-order valence-electron chi connectivity index (χ0n) is 17.9. The number of hydrogen-bond donors (Lipinski definition) is 0. The normalized spacial score (nSPS) is 15.4. The minimum atomic E-state index is -3.76. The van der Waals surface area contributed by atoms with Crippen LogP contribution in [0.25, 0.3) is 0 Å². The van der Waals surface area contributed by atoms with E-state index in [1.165, 1.54) is 16.4 Å². The second-order valence-electron chi connectivity index (χ2n) is 8.03. The van der Waals surface area contributed by atoms with Gasteiger partial charge < -0.3 is 4.90 Å². The maximum atomic E-state index is 13.4. The second-order valence-corrected chi connectivity index (χ2v) is 9.92. The molecule has 0 N–H and O–H groups in total. The fourth-order valence-corrected chi connectivity index (χ4v) is 5.62. The standard InChI is InChI=1S/C23H29FN2O3S/c1-5-26(17(4)18-6-9-21(24)10-7-18)30(28,29)22-11-8-19-12-13-25(15-20(19)14-22)23(27)16(2)3/h6-11,14,16-17H,5,12-13,15H2,1-4H3/t17-/m0/s1. The average Bonchev–Trinajstić information content (AvgIpc) is 2.73. The number of carbonyl (C=O) groups is 1. The number of fused-ring (bicyclic) bond motifs is 1. The van der Waals surface area contributed by atoms with Gasteiger partial charge in [-0.1, -0.05) is 39.0 Å². The Bertz CT molecular complexity index is 1020. The Morgan fingerprint density at radius 2 is 1.77 bits per heavy atom. The van der Waals surface area contributed by atoms with Crippen molar-refractivity contribution >= 4 is 15.9 Å². The van der Waals surface area contributed by atoms with Crippen molar-refractivity contribution in [3.8, 4) is 0 Å². The van der Waals surface area contributed by atoms with Crippen molar-refractivity contribution in [2.75, 3.05) is 13.1 Å². The van der Waals surface area contributed by atoms with Gasteiger partial charge in [-0.15, -0.1) is 0 Å². The second kappa shape index (κ2) is 8.86. The molecule has 0 radical (unpaired) electrons. The van der Waals surface area contributed by atoms with E-state index in [1.54, 1.807) is 43.0 Å². The first-order valence-corrected chi connectivity index (χ1v) is 11.8. The first-order valence-electron chi connectivity index (χ1n) is 10.3. The summed E-state index contributed by atoms with van der Waals surface area (Å²) in [5.41, 5.74) is 2.69. The van der Waals surface area contributed by atoms with E-state index in [1.807, 2.05) is 19.9 Å². The number of benzene rings is 2. The van der Waals surface area contributed by atoms with Crippen molar-refractivity contribution in [1.82, 2.24) is 9.21 Å². The lowest BCUT2D eigenvalue weighted by atomic mass is 9.99. The number of carbonyl (C=O) groups excluding carboxylic acids is 1. The predicted molar refractivity (Wildman–Crippen MR) is 115 cm³/mol. The molecule has 0 fully saturated rings. The number of amides is 1. The molecule has 0 saturated carbocycles. The molecule has 3 rings (SSSR count). The maximum Gasteiger partial charge on any atom is 0.243 e. The van der Waals surface area contributed by atoms with Gasteiger partial charge in [-0.05, 0) is 54.3 Å². The number of hydrogen-bond acceptors (Lipinski definition) is 3. The number of halogens is 1. The Morgan fingerprint density at radius 3 is 2.37 bits per heavy atom. The Morgan fingerprint density at radius 1 is 1.10 bits per heavy atom. The van der Waals surface area contributed by atoms with Crippen LogP contribution >= 0.6 is 0 Å². The Balaban J connectivity index is 1.91. The van der Waals surface area contributed by atoms with E-state index in [-0.39, 0.29) is 29.1 Å². The molecular weight excluding hydrogens is 403 g/mol. The van der Waals surface area contributed by atoms with E-state index in [9.17, 15) is 17.6 Å². The molecule has 0 unspecified atom stereocenters. The van der Waals surface area contributed by atoms with Crippen molar-refractivity contribution in [3.63, 3.8) is 0 Å². The van der Waals surface area contributed by atoms with E-state index in [2.05, 4.69) is 0 Å². The topological polar surface area (TPSA) is 57.7 Å². The van der Waals surface area contributed by atoms with Gasteiger partial charge in [-0.3, -0.25) is 4.79 Å². The van der Waals surface area contributed by atoms with Gasteiger partial charge in [0.2, 0.25) is 15.9 Å². The SMILES string of the molecule is CCN([C@@H](C)c1ccc(F)cc1)S(=O)(=O)c1ccc2c(c1)CN(C(=O)C(C)C)CC2. The van der Waals surface area contributed by atoms with Crippen LogP contribution in [0.2, 0.25) is 0 Å². The van der Waals surface area contributed by atoms with Crippen LogP contribution < -0.4 is 0 Å². The third-order valence-corrected chi connectivity index (χ3v) is 7.74. The summed E-state index contributed by atoms with van der Waals surface area (Å²) in [4.78, 5) is 14.4. The highest BCUT2D eigenvalue weighted by Crippen LogP contribution is 2.30. The molecule has 0 saturated heterocycles. The summed E-state index contributed by atoms with van der Waals surface area (Å²) in [5, 5.41) is 0. The van der Waals surface area contributed by atoms with E-state index in [4.69, 9.17) is 0 Å². The van der Waals surface area contributed by atoms with Gasteiger partial charge in [-0.2, -0.15) is 4.31 Å². The molecule has 2 aromatic rings. The van der Waals surface area contributed by atoms with Gasteiger partial charge in [0.05, 0.1) is 4.90 Å². The molecule has 1 aliphatic heterocycles. The summed E-state index contributed by atoms with van der Waals surface area (Å²) in [6, 6.07) is 10.7. The number of nitrogens with zero attached hydrogens (tertiary/aromatic N) is 2. The van der Waals surface area contributed by atoms with Gasteiger partial charge in [0.25, 0.3) is 0 Å². The highest BCUT2D eigenvalue weighted by atomic mass is 32.2. The summed E-state index contributed by atoms with van der Waals surface area (Å²) < 4.78 is 41.5. The summed E-state index contributed by atoms with van der Waals surface area (Å²) >= 11 is 0. The zero-order chi connectivity index (χ0) is 22.1. The summed E-state index contributed by atoms with van der Waals surface area (Å²) in [6.45, 7) is 8.70. The predicted octanol–water partition coefficient (Wildman–Crippen LogP) is 4.14. The van der Waals surface area contributed by atoms with Crippen molar-refractivity contribution in [3.05, 3.63) is 65.0 Å². The fourth-order valence-electron chi connectivity index (χ4n) is 3.94. The average molecular weight is 433 g/mol. The Labute approximate surface area is 178 Å². The van der Waals surface area contributed by atoms with Gasteiger partial charge in [0, 0.05) is 31.6 Å². The van der Waals surface area contributed by atoms with Crippen LogP contribution in [0, 0.1) is 11.7 Å². The quantitative estimate of drug-likeness (QED) is 0.689. The molecule has 0 aromatic heterocycles. The third kappa shape index (κ3) is 4.42. The van der Waals surface area contributed by atoms with Crippen LogP contribution in [-0.4, -0.2) is 36.6 Å². The molecule has 1 heterocycles. The van der Waals surface area contributed by atoms with Crippen molar-refractivity contribution < 1.29 is 17.6 Å². The smallest absolute Gasteiger partial charge is 0.243 e. The van der Waals surface area contributed by atoms with E-state index < -0.39 is 16.1 Å².